The predicted molar refractivity (Wildman–Crippen MR) is 79.1 cm³/mol. The maximum Gasteiger partial charge on any atom is 0.114 e. The maximum absolute atomic E-state index is 5.70. The Morgan fingerprint density at radius 2 is 1.53 bits per heavy atom. The molecule has 1 aliphatic rings. The monoisotopic (exact) mass is 318 g/mol. The van der Waals surface area contributed by atoms with Gasteiger partial charge in [-0.2, -0.15) is 0 Å². The molecule has 0 amide bonds. The van der Waals surface area contributed by atoms with E-state index in [2.05, 4.69) is 46.3 Å². The summed E-state index contributed by atoms with van der Waals surface area (Å²) in [5.41, 5.74) is 4.78. The Hall–Kier alpha value is -1.16. The number of fused-ring (bicyclic) bond motifs is 3. The highest BCUT2D eigenvalue weighted by molar-refractivity contribution is 9.10. The lowest BCUT2D eigenvalue weighted by molar-refractivity contribution is -0.0412. The van der Waals surface area contributed by atoms with E-state index < -0.39 is 0 Å². The predicted octanol–water partition coefficient (Wildman–Crippen LogP) is 4.50. The van der Waals surface area contributed by atoms with Crippen molar-refractivity contribution in [3.63, 3.8) is 0 Å². The first kappa shape index (κ1) is 12.9. The highest BCUT2D eigenvalue weighted by Gasteiger charge is 2.35. The van der Waals surface area contributed by atoms with Gasteiger partial charge in [0, 0.05) is 24.3 Å². The molecule has 2 atom stereocenters. The zero-order valence-electron chi connectivity index (χ0n) is 10.9. The van der Waals surface area contributed by atoms with Crippen LogP contribution in [0.3, 0.4) is 0 Å². The molecule has 98 valence electrons. The summed E-state index contributed by atoms with van der Waals surface area (Å²) in [5, 5.41) is 0. The molecule has 0 unspecified atom stereocenters. The van der Waals surface area contributed by atoms with E-state index in [1.165, 1.54) is 16.7 Å². The third-order valence-electron chi connectivity index (χ3n) is 3.68. The van der Waals surface area contributed by atoms with Crippen LogP contribution in [0.4, 0.5) is 0 Å². The minimum absolute atomic E-state index is 0.0765. The summed E-state index contributed by atoms with van der Waals surface area (Å²) in [6.07, 6.45) is -0.169. The van der Waals surface area contributed by atoms with Crippen LogP contribution in [0.25, 0.3) is 11.1 Å². The average Bonchev–Trinajstić information content (AvgIpc) is 2.46. The molecule has 0 aromatic heterocycles. The number of hydrogen-bond acceptors (Lipinski definition) is 2. The second-order valence-corrected chi connectivity index (χ2v) is 5.46. The van der Waals surface area contributed by atoms with Crippen molar-refractivity contribution in [2.24, 2.45) is 0 Å². The molecule has 0 bridgehead atoms. The van der Waals surface area contributed by atoms with Gasteiger partial charge in [0.2, 0.25) is 0 Å². The fourth-order valence-corrected chi connectivity index (χ4v) is 3.45. The molecule has 1 aliphatic carbocycles. The Kier molecular flexibility index (Phi) is 3.44. The van der Waals surface area contributed by atoms with Gasteiger partial charge < -0.3 is 9.47 Å². The summed E-state index contributed by atoms with van der Waals surface area (Å²) in [5.74, 6) is 0. The van der Waals surface area contributed by atoms with E-state index in [9.17, 15) is 0 Å². The molecule has 0 spiro atoms. The number of rotatable bonds is 2. The summed E-state index contributed by atoms with van der Waals surface area (Å²) in [6.45, 7) is 0. The topological polar surface area (TPSA) is 18.5 Å². The SMILES string of the molecule is CO[C@@H]1c2ccccc2-c2cccc(Br)c2[C@H]1OC. The lowest BCUT2D eigenvalue weighted by Gasteiger charge is -2.34. The summed E-state index contributed by atoms with van der Waals surface area (Å²) in [7, 11) is 3.46. The van der Waals surface area contributed by atoms with Crippen LogP contribution in [-0.2, 0) is 9.47 Å². The zero-order chi connectivity index (χ0) is 13.4. The first-order valence-corrected chi connectivity index (χ1v) is 7.00. The van der Waals surface area contributed by atoms with Gasteiger partial charge in [-0.3, -0.25) is 0 Å². The number of halogens is 1. The van der Waals surface area contributed by atoms with E-state index in [0.29, 0.717) is 0 Å². The van der Waals surface area contributed by atoms with Crippen LogP contribution in [0.1, 0.15) is 23.3 Å². The molecule has 0 heterocycles. The van der Waals surface area contributed by atoms with Crippen molar-refractivity contribution < 1.29 is 9.47 Å². The van der Waals surface area contributed by atoms with Gasteiger partial charge in [0.15, 0.2) is 0 Å². The Morgan fingerprint density at radius 3 is 2.26 bits per heavy atom. The molecular weight excluding hydrogens is 304 g/mol. The fourth-order valence-electron chi connectivity index (χ4n) is 2.86. The van der Waals surface area contributed by atoms with Gasteiger partial charge >= 0.3 is 0 Å². The highest BCUT2D eigenvalue weighted by Crippen LogP contribution is 2.49. The van der Waals surface area contributed by atoms with E-state index >= 15 is 0 Å². The van der Waals surface area contributed by atoms with Gasteiger partial charge in [-0.15, -0.1) is 0 Å². The second-order valence-electron chi connectivity index (χ2n) is 4.60. The van der Waals surface area contributed by atoms with Gasteiger partial charge in [0.05, 0.1) is 0 Å². The summed E-state index contributed by atoms with van der Waals surface area (Å²) < 4.78 is 12.5. The Balaban J connectivity index is 2.32. The highest BCUT2D eigenvalue weighted by atomic mass is 79.9. The molecule has 3 rings (SSSR count). The van der Waals surface area contributed by atoms with Crippen molar-refractivity contribution in [3.8, 4) is 11.1 Å². The van der Waals surface area contributed by atoms with Crippen molar-refractivity contribution in [1.82, 2.24) is 0 Å². The number of ether oxygens (including phenoxy) is 2. The van der Waals surface area contributed by atoms with Crippen LogP contribution in [0.5, 0.6) is 0 Å². The Bertz CT molecular complexity index is 609. The van der Waals surface area contributed by atoms with Crippen LogP contribution in [-0.4, -0.2) is 14.2 Å². The van der Waals surface area contributed by atoms with Crippen molar-refractivity contribution >= 4 is 15.9 Å². The first-order chi connectivity index (χ1) is 9.27. The first-order valence-electron chi connectivity index (χ1n) is 6.21. The van der Waals surface area contributed by atoms with Crippen LogP contribution in [0.15, 0.2) is 46.9 Å². The van der Waals surface area contributed by atoms with Crippen molar-refractivity contribution in [2.75, 3.05) is 14.2 Å². The van der Waals surface area contributed by atoms with E-state index in [1.54, 1.807) is 14.2 Å². The number of benzene rings is 2. The molecule has 19 heavy (non-hydrogen) atoms. The van der Waals surface area contributed by atoms with Crippen molar-refractivity contribution in [1.29, 1.82) is 0 Å². The van der Waals surface area contributed by atoms with Crippen molar-refractivity contribution in [2.45, 2.75) is 12.2 Å². The summed E-state index contributed by atoms with van der Waals surface area (Å²) in [6, 6.07) is 14.6. The van der Waals surface area contributed by atoms with Crippen LogP contribution >= 0.6 is 15.9 Å². The third kappa shape index (κ3) is 1.93. The standard InChI is InChI=1S/C16H15BrO2/c1-18-15-12-7-4-3-6-10(12)11-8-5-9-13(17)14(11)16(15)19-2/h3-9,15-16H,1-2H3/t15-,16-/m1/s1. The van der Waals surface area contributed by atoms with Gasteiger partial charge in [-0.25, -0.2) is 0 Å². The fraction of sp³-hybridized carbons (Fsp3) is 0.250. The quantitative estimate of drug-likeness (QED) is 0.811. The molecule has 0 fully saturated rings. The second kappa shape index (κ2) is 5.08. The third-order valence-corrected chi connectivity index (χ3v) is 4.37. The van der Waals surface area contributed by atoms with Crippen LogP contribution < -0.4 is 0 Å². The van der Waals surface area contributed by atoms with Gasteiger partial charge in [-0.05, 0) is 22.8 Å². The molecule has 0 N–H and O–H groups in total. The Morgan fingerprint density at radius 1 is 0.842 bits per heavy atom. The average molecular weight is 319 g/mol. The van der Waals surface area contributed by atoms with E-state index in [1.807, 2.05) is 12.1 Å². The normalized spacial score (nSPS) is 20.8. The molecule has 2 aromatic rings. The molecular formula is C16H15BrO2. The molecule has 0 aliphatic heterocycles. The lowest BCUT2D eigenvalue weighted by Crippen LogP contribution is -2.21. The molecule has 2 nitrogen and oxygen atoms in total. The van der Waals surface area contributed by atoms with E-state index in [4.69, 9.17) is 9.47 Å². The smallest absolute Gasteiger partial charge is 0.114 e. The van der Waals surface area contributed by atoms with Crippen molar-refractivity contribution in [3.05, 3.63) is 58.1 Å². The Labute approximate surface area is 121 Å². The van der Waals surface area contributed by atoms with Crippen LogP contribution in [0, 0.1) is 0 Å². The zero-order valence-corrected chi connectivity index (χ0v) is 12.5. The lowest BCUT2D eigenvalue weighted by atomic mass is 9.82. The molecule has 0 radical (unpaired) electrons. The van der Waals surface area contributed by atoms with Gasteiger partial charge in [-0.1, -0.05) is 52.3 Å². The van der Waals surface area contributed by atoms with Gasteiger partial charge in [0.25, 0.3) is 0 Å². The molecule has 2 aromatic carbocycles. The molecule has 0 saturated carbocycles. The molecule has 0 saturated heterocycles. The number of methoxy groups -OCH3 is 2. The summed E-state index contributed by atoms with van der Waals surface area (Å²) in [4.78, 5) is 0. The van der Waals surface area contributed by atoms with Gasteiger partial charge in [0.1, 0.15) is 12.2 Å². The molecule has 3 heteroatoms. The van der Waals surface area contributed by atoms with Crippen LogP contribution in [0.2, 0.25) is 0 Å². The van der Waals surface area contributed by atoms with E-state index in [-0.39, 0.29) is 12.2 Å². The summed E-state index contributed by atoms with van der Waals surface area (Å²) >= 11 is 3.64. The minimum Gasteiger partial charge on any atom is -0.374 e. The maximum atomic E-state index is 5.70. The largest absolute Gasteiger partial charge is 0.374 e. The van der Waals surface area contributed by atoms with E-state index in [0.717, 1.165) is 10.0 Å². The number of hydrogen-bond donors (Lipinski definition) is 0. The minimum atomic E-state index is -0.0922.